The molecule has 0 saturated carbocycles. The standard InChI is InChI=1S/C7H3Cl4NO/c8-3-1-4(9)7(12-2-13)6(11)5(3)10/h1-2H,(H,12,13). The van der Waals surface area contributed by atoms with Crippen LogP contribution >= 0.6 is 46.4 Å². The van der Waals surface area contributed by atoms with E-state index in [1.165, 1.54) is 6.07 Å². The van der Waals surface area contributed by atoms with Crippen LogP contribution in [0.3, 0.4) is 0 Å². The minimum absolute atomic E-state index is 0.131. The van der Waals surface area contributed by atoms with Crippen molar-refractivity contribution in [1.82, 2.24) is 0 Å². The van der Waals surface area contributed by atoms with E-state index < -0.39 is 0 Å². The fourth-order valence-corrected chi connectivity index (χ4v) is 1.78. The van der Waals surface area contributed by atoms with Gasteiger partial charge in [-0.25, -0.2) is 0 Å². The number of benzene rings is 1. The molecule has 0 heterocycles. The van der Waals surface area contributed by atoms with Crippen molar-refractivity contribution in [2.75, 3.05) is 5.32 Å². The largest absolute Gasteiger partial charge is 0.326 e. The summed E-state index contributed by atoms with van der Waals surface area (Å²) < 4.78 is 0. The number of carbonyl (C=O) groups is 1. The van der Waals surface area contributed by atoms with Crippen molar-refractivity contribution in [3.8, 4) is 0 Å². The van der Waals surface area contributed by atoms with Gasteiger partial charge in [0.1, 0.15) is 0 Å². The van der Waals surface area contributed by atoms with Gasteiger partial charge in [-0.15, -0.1) is 0 Å². The highest BCUT2D eigenvalue weighted by Crippen LogP contribution is 2.40. The third-order valence-corrected chi connectivity index (χ3v) is 2.88. The number of halogens is 4. The molecule has 1 aromatic carbocycles. The Hall–Kier alpha value is -0.150. The van der Waals surface area contributed by atoms with Crippen LogP contribution in [0.4, 0.5) is 5.69 Å². The van der Waals surface area contributed by atoms with Crippen molar-refractivity contribution in [3.05, 3.63) is 26.2 Å². The van der Waals surface area contributed by atoms with Gasteiger partial charge in [0, 0.05) is 0 Å². The van der Waals surface area contributed by atoms with Gasteiger partial charge in [0.2, 0.25) is 6.41 Å². The van der Waals surface area contributed by atoms with Crippen molar-refractivity contribution in [1.29, 1.82) is 0 Å². The van der Waals surface area contributed by atoms with E-state index in [9.17, 15) is 4.79 Å². The SMILES string of the molecule is O=CNc1c(Cl)cc(Cl)c(Cl)c1Cl. The van der Waals surface area contributed by atoms with Gasteiger partial charge < -0.3 is 5.32 Å². The fraction of sp³-hybridized carbons (Fsp3) is 0. The smallest absolute Gasteiger partial charge is 0.211 e. The summed E-state index contributed by atoms with van der Waals surface area (Å²) in [5.74, 6) is 0. The summed E-state index contributed by atoms with van der Waals surface area (Å²) in [6.45, 7) is 0. The second-order valence-electron chi connectivity index (χ2n) is 2.11. The zero-order valence-corrected chi connectivity index (χ0v) is 9.10. The predicted molar refractivity (Wildman–Crippen MR) is 56.2 cm³/mol. The summed E-state index contributed by atoms with van der Waals surface area (Å²) in [7, 11) is 0. The summed E-state index contributed by atoms with van der Waals surface area (Å²) in [4.78, 5) is 10.2. The lowest BCUT2D eigenvalue weighted by Gasteiger charge is -2.07. The molecule has 1 N–H and O–H groups in total. The first-order chi connectivity index (χ1) is 6.07. The average Bonchev–Trinajstić information content (AvgIpc) is 2.09. The molecule has 70 valence electrons. The van der Waals surface area contributed by atoms with Crippen LogP contribution < -0.4 is 5.32 Å². The monoisotopic (exact) mass is 257 g/mol. The third-order valence-electron chi connectivity index (χ3n) is 1.32. The lowest BCUT2D eigenvalue weighted by atomic mass is 10.3. The molecule has 1 rings (SSSR count). The Morgan fingerprint density at radius 3 is 2.23 bits per heavy atom. The Morgan fingerprint density at radius 2 is 1.69 bits per heavy atom. The summed E-state index contributed by atoms with van der Waals surface area (Å²) in [5.41, 5.74) is 0.257. The van der Waals surface area contributed by atoms with Gasteiger partial charge in [-0.05, 0) is 6.07 Å². The van der Waals surface area contributed by atoms with Crippen molar-refractivity contribution in [2.45, 2.75) is 0 Å². The molecule has 1 amide bonds. The van der Waals surface area contributed by atoms with Gasteiger partial charge in [-0.2, -0.15) is 0 Å². The summed E-state index contributed by atoms with van der Waals surface area (Å²) >= 11 is 22.9. The number of amides is 1. The molecule has 0 aliphatic rings. The first kappa shape index (κ1) is 10.9. The van der Waals surface area contributed by atoms with E-state index in [2.05, 4.69) is 5.32 Å². The molecule has 0 aromatic heterocycles. The maximum Gasteiger partial charge on any atom is 0.211 e. The van der Waals surface area contributed by atoms with E-state index in [0.29, 0.717) is 6.41 Å². The molecular weight excluding hydrogens is 256 g/mol. The Labute approximate surface area is 94.7 Å². The van der Waals surface area contributed by atoms with Crippen molar-refractivity contribution < 1.29 is 4.79 Å². The Bertz CT molecular complexity index is 353. The van der Waals surface area contributed by atoms with Crippen molar-refractivity contribution in [2.24, 2.45) is 0 Å². The highest BCUT2D eigenvalue weighted by atomic mass is 35.5. The first-order valence-corrected chi connectivity index (χ1v) is 4.62. The van der Waals surface area contributed by atoms with E-state index in [1.807, 2.05) is 0 Å². The fourth-order valence-electron chi connectivity index (χ4n) is 0.757. The van der Waals surface area contributed by atoms with Gasteiger partial charge in [0.05, 0.1) is 25.8 Å². The third kappa shape index (κ3) is 2.20. The molecule has 0 aliphatic heterocycles. The lowest BCUT2D eigenvalue weighted by molar-refractivity contribution is -0.105. The number of rotatable bonds is 2. The van der Waals surface area contributed by atoms with Crippen molar-refractivity contribution >= 4 is 58.5 Å². The van der Waals surface area contributed by atoms with Crippen molar-refractivity contribution in [3.63, 3.8) is 0 Å². The number of anilines is 1. The van der Waals surface area contributed by atoms with Crippen LogP contribution in [0.1, 0.15) is 0 Å². The lowest BCUT2D eigenvalue weighted by Crippen LogP contribution is -1.96. The van der Waals surface area contributed by atoms with E-state index in [1.54, 1.807) is 0 Å². The van der Waals surface area contributed by atoms with Crippen LogP contribution in [0, 0.1) is 0 Å². The maximum absolute atomic E-state index is 10.2. The molecule has 0 saturated heterocycles. The molecule has 0 aliphatic carbocycles. The molecule has 0 atom stereocenters. The minimum Gasteiger partial charge on any atom is -0.326 e. The Morgan fingerprint density at radius 1 is 1.08 bits per heavy atom. The van der Waals surface area contributed by atoms with E-state index >= 15 is 0 Å². The normalized spacial score (nSPS) is 9.85. The zero-order chi connectivity index (χ0) is 10.0. The minimum atomic E-state index is 0.131. The van der Waals surface area contributed by atoms with Gasteiger partial charge in [-0.3, -0.25) is 4.79 Å². The number of hydrogen-bond donors (Lipinski definition) is 1. The van der Waals surface area contributed by atoms with Gasteiger partial charge in [0.25, 0.3) is 0 Å². The molecule has 13 heavy (non-hydrogen) atoms. The summed E-state index contributed by atoms with van der Waals surface area (Å²) in [6, 6.07) is 1.41. The van der Waals surface area contributed by atoms with Crippen LogP contribution in [-0.2, 0) is 4.79 Å². The number of hydrogen-bond acceptors (Lipinski definition) is 1. The van der Waals surface area contributed by atoms with Gasteiger partial charge in [0.15, 0.2) is 0 Å². The molecular formula is C7H3Cl4NO. The topological polar surface area (TPSA) is 29.1 Å². The quantitative estimate of drug-likeness (QED) is 0.487. The van der Waals surface area contributed by atoms with Gasteiger partial charge >= 0.3 is 0 Å². The second-order valence-corrected chi connectivity index (χ2v) is 3.68. The van der Waals surface area contributed by atoms with Crippen LogP contribution in [0.15, 0.2) is 6.07 Å². The molecule has 0 unspecified atom stereocenters. The molecule has 2 nitrogen and oxygen atoms in total. The highest BCUT2D eigenvalue weighted by Gasteiger charge is 2.12. The first-order valence-electron chi connectivity index (χ1n) is 3.11. The van der Waals surface area contributed by atoms with Crippen LogP contribution in [0.2, 0.25) is 20.1 Å². The van der Waals surface area contributed by atoms with Crippen LogP contribution in [-0.4, -0.2) is 6.41 Å². The zero-order valence-electron chi connectivity index (χ0n) is 6.07. The Balaban J connectivity index is 3.34. The highest BCUT2D eigenvalue weighted by molar-refractivity contribution is 6.51. The Kier molecular flexibility index (Phi) is 3.68. The van der Waals surface area contributed by atoms with Crippen LogP contribution in [0.5, 0.6) is 0 Å². The van der Waals surface area contributed by atoms with E-state index in [4.69, 9.17) is 46.4 Å². The molecule has 0 spiro atoms. The molecule has 0 fully saturated rings. The predicted octanol–water partition coefficient (Wildman–Crippen LogP) is 3.87. The average molecular weight is 259 g/mol. The summed E-state index contributed by atoms with van der Waals surface area (Å²) in [5, 5.41) is 3.11. The maximum atomic E-state index is 10.2. The summed E-state index contributed by atoms with van der Waals surface area (Å²) in [6.07, 6.45) is 0.456. The second kappa shape index (κ2) is 4.38. The molecule has 1 aromatic rings. The molecule has 6 heteroatoms. The molecule has 0 bridgehead atoms. The van der Waals surface area contributed by atoms with E-state index in [0.717, 1.165) is 0 Å². The number of carbonyl (C=O) groups excluding carboxylic acids is 1. The molecule has 0 radical (unpaired) electrons. The van der Waals surface area contributed by atoms with E-state index in [-0.39, 0.29) is 25.8 Å². The number of nitrogens with one attached hydrogen (secondary N) is 1. The van der Waals surface area contributed by atoms with Crippen LogP contribution in [0.25, 0.3) is 0 Å². The van der Waals surface area contributed by atoms with Gasteiger partial charge in [-0.1, -0.05) is 46.4 Å².